The van der Waals surface area contributed by atoms with Crippen LogP contribution in [0.15, 0.2) is 12.2 Å². The molecule has 0 spiro atoms. The summed E-state index contributed by atoms with van der Waals surface area (Å²) in [6, 6.07) is 0.337. The molecule has 10 heavy (non-hydrogen) atoms. The third-order valence-electron chi connectivity index (χ3n) is 1.42. The number of carbonyl (C=O) groups is 1. The first-order valence-electron chi connectivity index (χ1n) is 3.39. The SMILES string of the molecule is CC(=O)/C=C/[C@H](C)N(C)C. The fourth-order valence-electron chi connectivity index (χ4n) is 0.447. The molecule has 0 unspecified atom stereocenters. The summed E-state index contributed by atoms with van der Waals surface area (Å²) in [5, 5.41) is 0. The minimum absolute atomic E-state index is 0.105. The van der Waals surface area contributed by atoms with Crippen molar-refractivity contribution in [2.24, 2.45) is 0 Å². The highest BCUT2D eigenvalue weighted by Crippen LogP contribution is 1.92. The molecule has 0 aliphatic rings. The molecule has 0 bridgehead atoms. The van der Waals surface area contributed by atoms with E-state index in [4.69, 9.17) is 0 Å². The molecule has 1 atom stereocenters. The molecule has 0 saturated carbocycles. The van der Waals surface area contributed by atoms with Gasteiger partial charge in [-0.3, -0.25) is 4.79 Å². The lowest BCUT2D eigenvalue weighted by Crippen LogP contribution is -2.22. The molecule has 0 heterocycles. The maximum absolute atomic E-state index is 10.5. The van der Waals surface area contributed by atoms with Crippen LogP contribution in [0.5, 0.6) is 0 Å². The second-order valence-electron chi connectivity index (χ2n) is 2.67. The summed E-state index contributed by atoms with van der Waals surface area (Å²) >= 11 is 0. The van der Waals surface area contributed by atoms with Gasteiger partial charge in [-0.2, -0.15) is 0 Å². The van der Waals surface area contributed by atoms with E-state index < -0.39 is 0 Å². The molecule has 0 aliphatic heterocycles. The molecule has 0 rings (SSSR count). The molecule has 2 heteroatoms. The van der Waals surface area contributed by atoms with Crippen LogP contribution in [0.1, 0.15) is 13.8 Å². The quantitative estimate of drug-likeness (QED) is 0.548. The molecular formula is C8H15NO. The minimum Gasteiger partial charge on any atom is -0.303 e. The van der Waals surface area contributed by atoms with Crippen molar-refractivity contribution in [3.63, 3.8) is 0 Å². The zero-order valence-electron chi connectivity index (χ0n) is 7.09. The Bertz CT molecular complexity index is 138. The van der Waals surface area contributed by atoms with Gasteiger partial charge >= 0.3 is 0 Å². The number of allylic oxidation sites excluding steroid dienone is 1. The van der Waals surface area contributed by atoms with Crippen LogP contribution in [0, 0.1) is 0 Å². The summed E-state index contributed by atoms with van der Waals surface area (Å²) in [5.41, 5.74) is 0. The van der Waals surface area contributed by atoms with Crippen molar-refractivity contribution in [3.05, 3.63) is 12.2 Å². The van der Waals surface area contributed by atoms with Crippen LogP contribution in [0.2, 0.25) is 0 Å². The van der Waals surface area contributed by atoms with Crippen LogP contribution >= 0.6 is 0 Å². The van der Waals surface area contributed by atoms with E-state index in [-0.39, 0.29) is 5.78 Å². The summed E-state index contributed by atoms with van der Waals surface area (Å²) in [5.74, 6) is 0.105. The Morgan fingerprint density at radius 2 is 2.00 bits per heavy atom. The minimum atomic E-state index is 0.105. The Labute approximate surface area is 62.5 Å². The number of hydrogen-bond donors (Lipinski definition) is 0. The van der Waals surface area contributed by atoms with Crippen molar-refractivity contribution >= 4 is 5.78 Å². The standard InChI is InChI=1S/C8H15NO/c1-7(9(3)4)5-6-8(2)10/h5-7H,1-4H3/b6-5+/t7-/m0/s1. The van der Waals surface area contributed by atoms with Gasteiger partial charge in [-0.15, -0.1) is 0 Å². The lowest BCUT2D eigenvalue weighted by molar-refractivity contribution is -0.112. The van der Waals surface area contributed by atoms with Gasteiger partial charge in [0.25, 0.3) is 0 Å². The largest absolute Gasteiger partial charge is 0.303 e. The van der Waals surface area contributed by atoms with Crippen molar-refractivity contribution in [1.29, 1.82) is 0 Å². The molecule has 0 aromatic heterocycles. The molecule has 0 fully saturated rings. The Kier molecular flexibility index (Phi) is 3.96. The molecule has 2 nitrogen and oxygen atoms in total. The summed E-state index contributed by atoms with van der Waals surface area (Å²) in [6.07, 6.45) is 3.49. The predicted molar refractivity (Wildman–Crippen MR) is 43.0 cm³/mol. The molecule has 0 aliphatic carbocycles. The Morgan fingerprint density at radius 3 is 2.30 bits per heavy atom. The zero-order chi connectivity index (χ0) is 8.15. The number of carbonyl (C=O) groups excluding carboxylic acids is 1. The number of nitrogens with zero attached hydrogens (tertiary/aromatic N) is 1. The first-order chi connectivity index (χ1) is 4.54. The molecule has 0 aromatic carbocycles. The van der Waals surface area contributed by atoms with Gasteiger partial charge in [0.05, 0.1) is 0 Å². The normalized spacial score (nSPS) is 14.5. The maximum Gasteiger partial charge on any atom is 0.152 e. The van der Waals surface area contributed by atoms with E-state index in [2.05, 4.69) is 0 Å². The van der Waals surface area contributed by atoms with Crippen LogP contribution in [-0.2, 0) is 4.79 Å². The molecule has 0 aromatic rings. The predicted octanol–water partition coefficient (Wildman–Crippen LogP) is 1.08. The molecule has 0 N–H and O–H groups in total. The van der Waals surface area contributed by atoms with Crippen molar-refractivity contribution in [2.75, 3.05) is 14.1 Å². The van der Waals surface area contributed by atoms with Gasteiger partial charge in [0.1, 0.15) is 0 Å². The van der Waals surface area contributed by atoms with Gasteiger partial charge in [-0.1, -0.05) is 6.08 Å². The average molecular weight is 141 g/mol. The first kappa shape index (κ1) is 9.37. The summed E-state index contributed by atoms with van der Waals surface area (Å²) < 4.78 is 0. The molecule has 0 amide bonds. The van der Waals surface area contributed by atoms with E-state index in [1.807, 2.05) is 32.0 Å². The van der Waals surface area contributed by atoms with E-state index in [9.17, 15) is 4.79 Å². The van der Waals surface area contributed by atoms with Crippen LogP contribution < -0.4 is 0 Å². The zero-order valence-corrected chi connectivity index (χ0v) is 7.09. The highest BCUT2D eigenvalue weighted by atomic mass is 16.1. The Balaban J connectivity index is 3.77. The Hall–Kier alpha value is -0.630. The summed E-state index contributed by atoms with van der Waals surface area (Å²) in [6.45, 7) is 3.60. The number of rotatable bonds is 3. The maximum atomic E-state index is 10.5. The van der Waals surface area contributed by atoms with Crippen LogP contribution in [0.25, 0.3) is 0 Å². The highest BCUT2D eigenvalue weighted by molar-refractivity contribution is 5.87. The molecular weight excluding hydrogens is 126 g/mol. The van der Waals surface area contributed by atoms with Gasteiger partial charge in [0, 0.05) is 6.04 Å². The third-order valence-corrected chi connectivity index (χ3v) is 1.42. The molecule has 0 radical (unpaired) electrons. The van der Waals surface area contributed by atoms with Crippen molar-refractivity contribution in [3.8, 4) is 0 Å². The van der Waals surface area contributed by atoms with E-state index in [0.717, 1.165) is 0 Å². The fraction of sp³-hybridized carbons (Fsp3) is 0.625. The van der Waals surface area contributed by atoms with Gasteiger partial charge in [0.2, 0.25) is 0 Å². The second kappa shape index (κ2) is 4.23. The summed E-state index contributed by atoms with van der Waals surface area (Å²) in [4.78, 5) is 12.5. The molecule has 58 valence electrons. The average Bonchev–Trinajstić information content (AvgIpc) is 1.82. The van der Waals surface area contributed by atoms with Gasteiger partial charge < -0.3 is 4.90 Å². The van der Waals surface area contributed by atoms with Crippen LogP contribution in [0.3, 0.4) is 0 Å². The van der Waals surface area contributed by atoms with Gasteiger partial charge in [0.15, 0.2) is 5.78 Å². The number of likely N-dealkylation sites (N-methyl/N-ethyl adjacent to an activating group) is 1. The van der Waals surface area contributed by atoms with E-state index >= 15 is 0 Å². The van der Waals surface area contributed by atoms with Crippen molar-refractivity contribution in [1.82, 2.24) is 4.90 Å². The van der Waals surface area contributed by atoms with Crippen molar-refractivity contribution < 1.29 is 4.79 Å². The highest BCUT2D eigenvalue weighted by Gasteiger charge is 1.97. The van der Waals surface area contributed by atoms with E-state index in [1.54, 1.807) is 13.0 Å². The van der Waals surface area contributed by atoms with E-state index in [1.165, 1.54) is 0 Å². The number of hydrogen-bond acceptors (Lipinski definition) is 2. The lowest BCUT2D eigenvalue weighted by atomic mass is 10.2. The number of ketones is 1. The monoisotopic (exact) mass is 141 g/mol. The molecule has 0 saturated heterocycles. The van der Waals surface area contributed by atoms with Crippen LogP contribution in [0.4, 0.5) is 0 Å². The Morgan fingerprint density at radius 1 is 1.50 bits per heavy atom. The third kappa shape index (κ3) is 4.27. The first-order valence-corrected chi connectivity index (χ1v) is 3.39. The van der Waals surface area contributed by atoms with Crippen LogP contribution in [-0.4, -0.2) is 30.8 Å². The van der Waals surface area contributed by atoms with Gasteiger partial charge in [-0.25, -0.2) is 0 Å². The fourth-order valence-corrected chi connectivity index (χ4v) is 0.447. The second-order valence-corrected chi connectivity index (χ2v) is 2.67. The lowest BCUT2D eigenvalue weighted by Gasteiger charge is -2.14. The van der Waals surface area contributed by atoms with Crippen molar-refractivity contribution in [2.45, 2.75) is 19.9 Å². The summed E-state index contributed by atoms with van der Waals surface area (Å²) in [7, 11) is 3.96. The van der Waals surface area contributed by atoms with E-state index in [0.29, 0.717) is 6.04 Å². The van der Waals surface area contributed by atoms with Gasteiger partial charge in [-0.05, 0) is 34.0 Å². The smallest absolute Gasteiger partial charge is 0.152 e. The topological polar surface area (TPSA) is 20.3 Å².